The minimum absolute atomic E-state index is 0.00879. The molecule has 0 atom stereocenters. The van der Waals surface area contributed by atoms with Crippen molar-refractivity contribution in [3.8, 4) is 46.0 Å². The second kappa shape index (κ2) is 7.99. The Morgan fingerprint density at radius 3 is 2.06 bits per heavy atom. The van der Waals surface area contributed by atoms with Gasteiger partial charge < -0.3 is 20.1 Å². The second-order valence-electron chi connectivity index (χ2n) is 8.44. The fraction of sp³-hybridized carbons (Fsp3) is 0.107. The van der Waals surface area contributed by atoms with Crippen LogP contribution in [0.1, 0.15) is 13.3 Å². The fourth-order valence-corrected chi connectivity index (χ4v) is 4.60. The van der Waals surface area contributed by atoms with Crippen LogP contribution < -0.4 is 4.74 Å². The predicted molar refractivity (Wildman–Crippen MR) is 135 cm³/mol. The van der Waals surface area contributed by atoms with E-state index in [0.717, 1.165) is 51.0 Å². The number of phenols is 3. The van der Waals surface area contributed by atoms with Crippen LogP contribution in [0.25, 0.3) is 55.1 Å². The Hall–Kier alpha value is -4.65. The predicted octanol–water partition coefficient (Wildman–Crippen LogP) is 6.01. The first-order valence-electron chi connectivity index (χ1n) is 11.3. The maximum Gasteiger partial charge on any atom is 0.320 e. The van der Waals surface area contributed by atoms with Gasteiger partial charge in [-0.2, -0.15) is 9.97 Å². The Labute approximate surface area is 200 Å². The minimum atomic E-state index is -0.350. The zero-order valence-corrected chi connectivity index (χ0v) is 18.9. The molecule has 1 aromatic heterocycles. The Morgan fingerprint density at radius 2 is 1.34 bits per heavy atom. The SMILES string of the molecule is CCCOc1nc(-c2c(O)cc(O)cc2O)nc(-c2ccc3ccc4cccc5ccc2c3c45)n1. The van der Waals surface area contributed by atoms with Crippen molar-refractivity contribution in [3.63, 3.8) is 0 Å². The van der Waals surface area contributed by atoms with E-state index in [1.54, 1.807) is 0 Å². The van der Waals surface area contributed by atoms with Crippen LogP contribution in [0.15, 0.2) is 66.7 Å². The highest BCUT2D eigenvalue weighted by Gasteiger charge is 2.20. The molecular formula is C28H21N3O4. The molecule has 6 aromatic rings. The molecule has 0 saturated heterocycles. The Balaban J connectivity index is 1.63. The van der Waals surface area contributed by atoms with Gasteiger partial charge in [0.15, 0.2) is 11.6 Å². The lowest BCUT2D eigenvalue weighted by molar-refractivity contribution is 0.292. The molecule has 0 aliphatic heterocycles. The number of rotatable bonds is 5. The van der Waals surface area contributed by atoms with E-state index in [1.807, 2.05) is 19.1 Å². The maximum atomic E-state index is 10.4. The van der Waals surface area contributed by atoms with Crippen molar-refractivity contribution in [2.24, 2.45) is 0 Å². The van der Waals surface area contributed by atoms with Gasteiger partial charge in [0.2, 0.25) is 0 Å². The Bertz CT molecular complexity index is 1690. The van der Waals surface area contributed by atoms with Gasteiger partial charge in [-0.05, 0) is 44.8 Å². The van der Waals surface area contributed by atoms with Crippen LogP contribution in [-0.2, 0) is 0 Å². The standard InChI is InChI=1S/C28H21N3O4/c1-2-12-35-28-30-26(29-27(31-28)25-21(33)13-18(32)14-22(25)34)20-11-9-17-7-6-15-4-3-5-16-8-10-19(20)24(17)23(15)16/h3-11,13-14,32-34H,2,12H2,1H3. The molecule has 0 saturated carbocycles. The molecule has 7 nitrogen and oxygen atoms in total. The van der Waals surface area contributed by atoms with Gasteiger partial charge in [0.1, 0.15) is 22.8 Å². The molecule has 0 spiro atoms. The summed E-state index contributed by atoms with van der Waals surface area (Å²) in [6.45, 7) is 2.37. The molecule has 0 unspecified atom stereocenters. The number of nitrogens with zero attached hydrogens (tertiary/aromatic N) is 3. The molecule has 1 heterocycles. The normalized spacial score (nSPS) is 11.6. The van der Waals surface area contributed by atoms with E-state index in [-0.39, 0.29) is 34.6 Å². The maximum absolute atomic E-state index is 10.4. The van der Waals surface area contributed by atoms with Gasteiger partial charge in [0.25, 0.3) is 0 Å². The summed E-state index contributed by atoms with van der Waals surface area (Å²) in [5.74, 6) is -0.576. The summed E-state index contributed by atoms with van der Waals surface area (Å²) in [4.78, 5) is 13.5. The van der Waals surface area contributed by atoms with Crippen molar-refractivity contribution in [1.82, 2.24) is 15.0 Å². The molecule has 0 bridgehead atoms. The van der Waals surface area contributed by atoms with Crippen molar-refractivity contribution in [2.75, 3.05) is 6.61 Å². The van der Waals surface area contributed by atoms with Crippen molar-refractivity contribution in [2.45, 2.75) is 13.3 Å². The first-order valence-corrected chi connectivity index (χ1v) is 11.3. The number of ether oxygens (including phenoxy) is 1. The number of hydrogen-bond acceptors (Lipinski definition) is 7. The summed E-state index contributed by atoms with van der Waals surface area (Å²) in [7, 11) is 0. The smallest absolute Gasteiger partial charge is 0.320 e. The molecular weight excluding hydrogens is 442 g/mol. The number of hydrogen-bond donors (Lipinski definition) is 3. The van der Waals surface area contributed by atoms with Gasteiger partial charge in [-0.1, -0.05) is 55.5 Å². The van der Waals surface area contributed by atoms with E-state index in [4.69, 9.17) is 4.74 Å². The quantitative estimate of drug-likeness (QED) is 0.269. The number of aromatic nitrogens is 3. The molecule has 35 heavy (non-hydrogen) atoms. The van der Waals surface area contributed by atoms with Gasteiger partial charge >= 0.3 is 6.01 Å². The first kappa shape index (κ1) is 20.9. The lowest BCUT2D eigenvalue weighted by Gasteiger charge is -2.14. The third-order valence-electron chi connectivity index (χ3n) is 6.12. The van der Waals surface area contributed by atoms with E-state index in [2.05, 4.69) is 57.4 Å². The van der Waals surface area contributed by atoms with Crippen molar-refractivity contribution < 1.29 is 20.1 Å². The first-order chi connectivity index (χ1) is 17.0. The molecule has 0 amide bonds. The van der Waals surface area contributed by atoms with E-state index >= 15 is 0 Å². The number of benzene rings is 5. The lowest BCUT2D eigenvalue weighted by Crippen LogP contribution is -2.05. The average molecular weight is 463 g/mol. The van der Waals surface area contributed by atoms with E-state index in [1.165, 1.54) is 5.39 Å². The highest BCUT2D eigenvalue weighted by atomic mass is 16.5. The van der Waals surface area contributed by atoms with Crippen LogP contribution in [0.2, 0.25) is 0 Å². The zero-order valence-electron chi connectivity index (χ0n) is 18.9. The molecule has 0 aliphatic rings. The lowest BCUT2D eigenvalue weighted by atomic mass is 9.92. The third-order valence-corrected chi connectivity index (χ3v) is 6.12. The van der Waals surface area contributed by atoms with E-state index in [9.17, 15) is 15.3 Å². The molecule has 3 N–H and O–H groups in total. The molecule has 0 fully saturated rings. The molecule has 0 radical (unpaired) electrons. The summed E-state index contributed by atoms with van der Waals surface area (Å²) in [5, 5.41) is 37.3. The highest BCUT2D eigenvalue weighted by Crippen LogP contribution is 2.41. The Kier molecular flexibility index (Phi) is 4.77. The van der Waals surface area contributed by atoms with Crippen molar-refractivity contribution in [1.29, 1.82) is 0 Å². The third kappa shape index (κ3) is 3.40. The molecule has 0 aliphatic carbocycles. The average Bonchev–Trinajstić information content (AvgIpc) is 2.85. The molecule has 172 valence electrons. The summed E-state index contributed by atoms with van der Waals surface area (Å²) < 4.78 is 5.73. The van der Waals surface area contributed by atoms with E-state index < -0.39 is 0 Å². The van der Waals surface area contributed by atoms with Gasteiger partial charge in [-0.25, -0.2) is 4.98 Å². The summed E-state index contributed by atoms with van der Waals surface area (Å²) in [5.41, 5.74) is 0.768. The van der Waals surface area contributed by atoms with Gasteiger partial charge in [-0.3, -0.25) is 0 Å². The van der Waals surface area contributed by atoms with E-state index in [0.29, 0.717) is 12.4 Å². The summed E-state index contributed by atoms with van der Waals surface area (Å²) in [6, 6.07) is 21.0. The Morgan fingerprint density at radius 1 is 0.714 bits per heavy atom. The molecule has 6 rings (SSSR count). The number of aromatic hydroxyl groups is 3. The van der Waals surface area contributed by atoms with Gasteiger partial charge in [0.05, 0.1) is 6.61 Å². The highest BCUT2D eigenvalue weighted by molar-refractivity contribution is 6.25. The second-order valence-corrected chi connectivity index (χ2v) is 8.44. The molecule has 5 aromatic carbocycles. The topological polar surface area (TPSA) is 109 Å². The zero-order chi connectivity index (χ0) is 24.1. The fourth-order valence-electron chi connectivity index (χ4n) is 4.60. The monoisotopic (exact) mass is 463 g/mol. The van der Waals surface area contributed by atoms with Crippen LogP contribution in [0, 0.1) is 0 Å². The van der Waals surface area contributed by atoms with Gasteiger partial charge in [-0.15, -0.1) is 0 Å². The minimum Gasteiger partial charge on any atom is -0.508 e. The van der Waals surface area contributed by atoms with Crippen LogP contribution in [-0.4, -0.2) is 36.9 Å². The van der Waals surface area contributed by atoms with Crippen molar-refractivity contribution >= 4 is 32.3 Å². The van der Waals surface area contributed by atoms with Crippen LogP contribution >= 0.6 is 0 Å². The summed E-state index contributed by atoms with van der Waals surface area (Å²) in [6.07, 6.45) is 0.755. The summed E-state index contributed by atoms with van der Waals surface area (Å²) >= 11 is 0. The molecule has 7 heteroatoms. The van der Waals surface area contributed by atoms with Gasteiger partial charge in [0, 0.05) is 17.7 Å². The van der Waals surface area contributed by atoms with Crippen LogP contribution in [0.3, 0.4) is 0 Å². The van der Waals surface area contributed by atoms with Crippen molar-refractivity contribution in [3.05, 3.63) is 66.7 Å². The van der Waals surface area contributed by atoms with Crippen LogP contribution in [0.4, 0.5) is 0 Å². The van der Waals surface area contributed by atoms with Crippen LogP contribution in [0.5, 0.6) is 23.3 Å². The number of phenolic OH excluding ortho intramolecular Hbond substituents is 3. The largest absolute Gasteiger partial charge is 0.508 e.